The first-order valence-corrected chi connectivity index (χ1v) is 4.95. The molecule has 78 valence electrons. The van der Waals surface area contributed by atoms with E-state index in [1.807, 2.05) is 0 Å². The lowest BCUT2D eigenvalue weighted by molar-refractivity contribution is 0.365. The second kappa shape index (κ2) is 3.93. The lowest BCUT2D eigenvalue weighted by atomic mass is 10.5. The van der Waals surface area contributed by atoms with Crippen molar-refractivity contribution >= 4 is 15.9 Å². The molecule has 0 atom stereocenters. The van der Waals surface area contributed by atoms with Gasteiger partial charge in [-0.2, -0.15) is 4.98 Å². The minimum atomic E-state index is -0.180. The van der Waals surface area contributed by atoms with Crippen LogP contribution in [0.4, 0.5) is 0 Å². The summed E-state index contributed by atoms with van der Waals surface area (Å²) in [7, 11) is 0. The van der Waals surface area contributed by atoms with Crippen molar-refractivity contribution in [1.29, 1.82) is 0 Å². The molecule has 7 heteroatoms. The maximum Gasteiger partial charge on any atom is 0.268 e. The van der Waals surface area contributed by atoms with Crippen molar-refractivity contribution in [2.24, 2.45) is 0 Å². The molecular weight excluding hydrogens is 264 g/mol. The molecule has 0 amide bonds. The number of halogens is 1. The molecule has 0 fully saturated rings. The minimum absolute atomic E-state index is 0.180. The smallest absolute Gasteiger partial charge is 0.268 e. The maximum atomic E-state index is 11.6. The van der Waals surface area contributed by atoms with Crippen molar-refractivity contribution in [1.82, 2.24) is 19.7 Å². The monoisotopic (exact) mass is 270 g/mol. The molecule has 0 aromatic carbocycles. The minimum Gasteiger partial charge on any atom is -0.337 e. The quantitative estimate of drug-likeness (QED) is 0.805. The molecule has 0 aliphatic carbocycles. The largest absolute Gasteiger partial charge is 0.337 e. The highest BCUT2D eigenvalue weighted by Crippen LogP contribution is 2.01. The average molecular weight is 271 g/mol. The van der Waals surface area contributed by atoms with E-state index >= 15 is 0 Å². The summed E-state index contributed by atoms with van der Waals surface area (Å²) in [6.07, 6.45) is 2.87. The number of aryl methyl sites for hydroxylation is 1. The maximum absolute atomic E-state index is 11.6. The highest BCUT2D eigenvalue weighted by Gasteiger charge is 2.06. The van der Waals surface area contributed by atoms with Crippen molar-refractivity contribution in [3.63, 3.8) is 0 Å². The molecule has 0 saturated carbocycles. The van der Waals surface area contributed by atoms with Crippen LogP contribution in [0.1, 0.15) is 11.7 Å². The Morgan fingerprint density at radius 1 is 1.60 bits per heavy atom. The fourth-order valence-corrected chi connectivity index (χ4v) is 1.43. The van der Waals surface area contributed by atoms with Gasteiger partial charge in [-0.05, 0) is 22.9 Å². The Morgan fingerprint density at radius 2 is 2.40 bits per heavy atom. The van der Waals surface area contributed by atoms with Crippen LogP contribution in [0.5, 0.6) is 0 Å². The van der Waals surface area contributed by atoms with Crippen molar-refractivity contribution in [3.05, 3.63) is 39.1 Å². The van der Waals surface area contributed by atoms with Gasteiger partial charge in [0.05, 0.1) is 6.33 Å². The van der Waals surface area contributed by atoms with E-state index < -0.39 is 0 Å². The summed E-state index contributed by atoms with van der Waals surface area (Å²) in [5.41, 5.74) is -0.180. The summed E-state index contributed by atoms with van der Waals surface area (Å²) in [6, 6.07) is 0. The van der Waals surface area contributed by atoms with Crippen LogP contribution in [0.3, 0.4) is 0 Å². The molecule has 0 radical (unpaired) electrons. The number of hydrogen-bond donors (Lipinski definition) is 0. The molecular formula is C8H7BrN4O2. The Balaban J connectivity index is 2.32. The average Bonchev–Trinajstić information content (AvgIpc) is 2.59. The van der Waals surface area contributed by atoms with Crippen LogP contribution < -0.4 is 5.56 Å². The number of nitrogens with zero attached hydrogens (tertiary/aromatic N) is 4. The molecule has 0 aliphatic heterocycles. The predicted molar refractivity (Wildman–Crippen MR) is 54.3 cm³/mol. The van der Waals surface area contributed by atoms with Gasteiger partial charge in [0, 0.05) is 6.20 Å². The van der Waals surface area contributed by atoms with E-state index in [9.17, 15) is 4.79 Å². The van der Waals surface area contributed by atoms with Crippen LogP contribution in [-0.2, 0) is 6.54 Å². The van der Waals surface area contributed by atoms with Crippen LogP contribution in [0, 0.1) is 6.92 Å². The van der Waals surface area contributed by atoms with Crippen LogP contribution >= 0.6 is 15.9 Å². The summed E-state index contributed by atoms with van der Waals surface area (Å²) in [6.45, 7) is 1.95. The fourth-order valence-electron chi connectivity index (χ4n) is 1.09. The molecule has 0 aliphatic rings. The zero-order valence-electron chi connectivity index (χ0n) is 7.85. The summed E-state index contributed by atoms with van der Waals surface area (Å²) in [4.78, 5) is 19.4. The van der Waals surface area contributed by atoms with Crippen molar-refractivity contribution in [2.45, 2.75) is 13.5 Å². The van der Waals surface area contributed by atoms with Gasteiger partial charge < -0.3 is 4.52 Å². The molecule has 2 rings (SSSR count). The van der Waals surface area contributed by atoms with Crippen molar-refractivity contribution in [3.8, 4) is 0 Å². The Kier molecular flexibility index (Phi) is 2.63. The van der Waals surface area contributed by atoms with Gasteiger partial charge in [-0.1, -0.05) is 5.16 Å². The van der Waals surface area contributed by atoms with Crippen LogP contribution in [0.25, 0.3) is 0 Å². The van der Waals surface area contributed by atoms with E-state index in [1.165, 1.54) is 17.1 Å². The summed E-state index contributed by atoms with van der Waals surface area (Å²) < 4.78 is 6.69. The van der Waals surface area contributed by atoms with Gasteiger partial charge in [0.15, 0.2) is 5.82 Å². The van der Waals surface area contributed by atoms with Gasteiger partial charge >= 0.3 is 0 Å². The van der Waals surface area contributed by atoms with Gasteiger partial charge in [-0.15, -0.1) is 0 Å². The molecule has 0 unspecified atom stereocenters. The number of hydrogen-bond acceptors (Lipinski definition) is 5. The lowest BCUT2D eigenvalue weighted by Gasteiger charge is -2.00. The summed E-state index contributed by atoms with van der Waals surface area (Å²) in [5.74, 6) is 0.926. The van der Waals surface area contributed by atoms with Gasteiger partial charge in [0.1, 0.15) is 11.0 Å². The van der Waals surface area contributed by atoms with E-state index in [0.717, 1.165) is 0 Å². The van der Waals surface area contributed by atoms with Gasteiger partial charge in [0.25, 0.3) is 5.56 Å². The van der Waals surface area contributed by atoms with Gasteiger partial charge in [-0.25, -0.2) is 4.98 Å². The summed E-state index contributed by atoms with van der Waals surface area (Å²) in [5, 5.41) is 3.63. The zero-order valence-corrected chi connectivity index (χ0v) is 9.43. The van der Waals surface area contributed by atoms with E-state index in [0.29, 0.717) is 16.2 Å². The predicted octanol–water partition coefficient (Wildman–Crippen LogP) is 0.746. The van der Waals surface area contributed by atoms with E-state index in [-0.39, 0.29) is 12.1 Å². The third-order valence-corrected chi connectivity index (χ3v) is 2.28. The fraction of sp³-hybridized carbons (Fsp3) is 0.250. The van der Waals surface area contributed by atoms with Crippen molar-refractivity contribution < 1.29 is 4.52 Å². The van der Waals surface area contributed by atoms with E-state index in [2.05, 4.69) is 31.1 Å². The van der Waals surface area contributed by atoms with E-state index in [1.54, 1.807) is 6.92 Å². The Bertz CT molecular complexity index is 533. The third-order valence-electron chi connectivity index (χ3n) is 1.73. The first-order chi connectivity index (χ1) is 7.16. The van der Waals surface area contributed by atoms with Gasteiger partial charge in [0.2, 0.25) is 5.89 Å². The van der Waals surface area contributed by atoms with Gasteiger partial charge in [-0.3, -0.25) is 9.36 Å². The molecule has 0 spiro atoms. The first-order valence-electron chi connectivity index (χ1n) is 4.16. The standard InChI is InChI=1S/C8H7BrN4O2/c1-5-11-7(15-12-5)3-13-4-10-2-6(9)8(13)14/h2,4H,3H2,1H3. The third kappa shape index (κ3) is 2.12. The second-order valence-electron chi connectivity index (χ2n) is 2.91. The molecule has 0 N–H and O–H groups in total. The van der Waals surface area contributed by atoms with Crippen LogP contribution in [0.2, 0.25) is 0 Å². The molecule has 2 aromatic rings. The number of rotatable bonds is 2. The zero-order chi connectivity index (χ0) is 10.8. The highest BCUT2D eigenvalue weighted by molar-refractivity contribution is 9.10. The number of aromatic nitrogens is 4. The first kappa shape index (κ1) is 10.0. The molecule has 0 saturated heterocycles. The van der Waals surface area contributed by atoms with Crippen molar-refractivity contribution in [2.75, 3.05) is 0 Å². The van der Waals surface area contributed by atoms with E-state index in [4.69, 9.17) is 4.52 Å². The summed E-state index contributed by atoms with van der Waals surface area (Å²) >= 11 is 3.10. The highest BCUT2D eigenvalue weighted by atomic mass is 79.9. The molecule has 2 aromatic heterocycles. The second-order valence-corrected chi connectivity index (χ2v) is 3.76. The normalized spacial score (nSPS) is 10.5. The Labute approximate surface area is 93.1 Å². The van der Waals surface area contributed by atoms with Crippen LogP contribution in [-0.4, -0.2) is 19.7 Å². The Morgan fingerprint density at radius 3 is 3.07 bits per heavy atom. The molecule has 0 bridgehead atoms. The molecule has 2 heterocycles. The SMILES string of the molecule is Cc1noc(Cn2cncc(Br)c2=O)n1. The molecule has 15 heavy (non-hydrogen) atoms. The topological polar surface area (TPSA) is 73.8 Å². The Hall–Kier alpha value is -1.50. The van der Waals surface area contributed by atoms with Crippen LogP contribution in [0.15, 0.2) is 26.3 Å². The lowest BCUT2D eigenvalue weighted by Crippen LogP contribution is -2.21. The molecule has 6 nitrogen and oxygen atoms in total.